The lowest BCUT2D eigenvalue weighted by molar-refractivity contribution is -0.385. The number of fused-ring (bicyclic) bond motifs is 1. The van der Waals surface area contributed by atoms with E-state index >= 15 is 0 Å². The van der Waals surface area contributed by atoms with Crippen LogP contribution >= 0.6 is 11.6 Å². The minimum atomic E-state index is -0.516. The van der Waals surface area contributed by atoms with Crippen molar-refractivity contribution in [1.82, 2.24) is 15.0 Å². The van der Waals surface area contributed by atoms with Gasteiger partial charge in [0, 0.05) is 5.39 Å². The third-order valence-corrected chi connectivity index (χ3v) is 3.22. The van der Waals surface area contributed by atoms with Gasteiger partial charge in [0.2, 0.25) is 5.28 Å². The molecule has 7 heteroatoms. The highest BCUT2D eigenvalue weighted by molar-refractivity contribution is 6.28. The molecule has 0 N–H and O–H groups in total. The summed E-state index contributed by atoms with van der Waals surface area (Å²) >= 11 is 5.82. The second kappa shape index (κ2) is 5.06. The summed E-state index contributed by atoms with van der Waals surface area (Å²) < 4.78 is 0. The molecule has 0 radical (unpaired) electrons. The SMILES string of the molecule is Cc1nc(Cl)nc(-c2ccc3ccccc3n2)c1[N+](=O)[O-]. The number of hydrogen-bond donors (Lipinski definition) is 0. The van der Waals surface area contributed by atoms with E-state index in [9.17, 15) is 10.1 Å². The molecule has 21 heavy (non-hydrogen) atoms. The summed E-state index contributed by atoms with van der Waals surface area (Å²) in [4.78, 5) is 23.0. The smallest absolute Gasteiger partial charge is 0.258 e. The molecule has 0 amide bonds. The number of aryl methyl sites for hydroxylation is 1. The zero-order valence-corrected chi connectivity index (χ0v) is 11.7. The fourth-order valence-electron chi connectivity index (χ4n) is 2.13. The van der Waals surface area contributed by atoms with E-state index in [1.165, 1.54) is 6.92 Å². The Morgan fingerprint density at radius 3 is 2.62 bits per heavy atom. The van der Waals surface area contributed by atoms with E-state index < -0.39 is 4.92 Å². The first-order valence-corrected chi connectivity index (χ1v) is 6.49. The summed E-state index contributed by atoms with van der Waals surface area (Å²) in [5, 5.41) is 12.2. The van der Waals surface area contributed by atoms with Crippen molar-refractivity contribution in [3.05, 3.63) is 57.5 Å². The molecule has 0 aliphatic heterocycles. The molecular formula is C14H9ClN4O2. The van der Waals surface area contributed by atoms with Gasteiger partial charge in [-0.1, -0.05) is 24.3 Å². The molecule has 0 atom stereocenters. The van der Waals surface area contributed by atoms with E-state index in [4.69, 9.17) is 11.6 Å². The molecule has 2 heterocycles. The fourth-order valence-corrected chi connectivity index (χ4v) is 2.34. The standard InChI is InChI=1S/C14H9ClN4O2/c1-8-13(19(20)21)12(18-14(15)16-8)11-7-6-9-4-2-3-5-10(9)17-11/h2-7H,1H3. The molecule has 0 saturated carbocycles. The Hall–Kier alpha value is -2.60. The van der Waals surface area contributed by atoms with Crippen LogP contribution in [-0.2, 0) is 0 Å². The first kappa shape index (κ1) is 13.4. The molecule has 0 aliphatic rings. The summed E-state index contributed by atoms with van der Waals surface area (Å²) in [7, 11) is 0. The van der Waals surface area contributed by atoms with E-state index in [1.54, 1.807) is 6.07 Å². The van der Waals surface area contributed by atoms with Crippen LogP contribution in [0.1, 0.15) is 5.69 Å². The molecule has 2 aromatic heterocycles. The van der Waals surface area contributed by atoms with Crippen LogP contribution in [0.2, 0.25) is 5.28 Å². The summed E-state index contributed by atoms with van der Waals surface area (Å²) in [6.07, 6.45) is 0. The molecule has 1 aromatic carbocycles. The molecule has 0 bridgehead atoms. The van der Waals surface area contributed by atoms with Crippen molar-refractivity contribution >= 4 is 28.2 Å². The molecule has 0 fully saturated rings. The van der Waals surface area contributed by atoms with Gasteiger partial charge in [-0.15, -0.1) is 0 Å². The predicted octanol–water partition coefficient (Wildman–Crippen LogP) is 3.56. The van der Waals surface area contributed by atoms with Gasteiger partial charge in [0.1, 0.15) is 5.69 Å². The second-order valence-electron chi connectivity index (χ2n) is 4.42. The Morgan fingerprint density at radius 2 is 1.86 bits per heavy atom. The van der Waals surface area contributed by atoms with E-state index in [1.807, 2.05) is 30.3 Å². The maximum Gasteiger partial charge on any atom is 0.318 e. The van der Waals surface area contributed by atoms with E-state index in [0.717, 1.165) is 10.9 Å². The minimum Gasteiger partial charge on any atom is -0.258 e. The molecular weight excluding hydrogens is 292 g/mol. The molecule has 104 valence electrons. The van der Waals surface area contributed by atoms with Gasteiger partial charge in [-0.2, -0.15) is 0 Å². The van der Waals surface area contributed by atoms with Crippen molar-refractivity contribution in [3.63, 3.8) is 0 Å². The zero-order chi connectivity index (χ0) is 15.0. The predicted molar refractivity (Wildman–Crippen MR) is 79.2 cm³/mol. The third kappa shape index (κ3) is 2.41. The normalized spacial score (nSPS) is 10.8. The molecule has 0 aliphatic carbocycles. The van der Waals surface area contributed by atoms with Crippen molar-refractivity contribution < 1.29 is 4.92 Å². The molecule has 6 nitrogen and oxygen atoms in total. The number of para-hydroxylation sites is 1. The minimum absolute atomic E-state index is 0.0388. The van der Waals surface area contributed by atoms with Gasteiger partial charge in [0.05, 0.1) is 16.1 Å². The van der Waals surface area contributed by atoms with Gasteiger partial charge >= 0.3 is 5.69 Å². The molecule has 0 spiro atoms. The van der Waals surface area contributed by atoms with Crippen molar-refractivity contribution in [3.8, 4) is 11.4 Å². The summed E-state index contributed by atoms with van der Waals surface area (Å²) in [6, 6.07) is 11.0. The van der Waals surface area contributed by atoms with Gasteiger partial charge in [-0.05, 0) is 30.7 Å². The van der Waals surface area contributed by atoms with Crippen molar-refractivity contribution in [2.75, 3.05) is 0 Å². The van der Waals surface area contributed by atoms with Gasteiger partial charge in [0.15, 0.2) is 5.69 Å². The topological polar surface area (TPSA) is 81.8 Å². The van der Waals surface area contributed by atoms with Crippen LogP contribution in [0.15, 0.2) is 36.4 Å². The number of aromatic nitrogens is 3. The maximum absolute atomic E-state index is 11.2. The van der Waals surface area contributed by atoms with Crippen LogP contribution in [0.25, 0.3) is 22.3 Å². The van der Waals surface area contributed by atoms with E-state index in [2.05, 4.69) is 15.0 Å². The van der Waals surface area contributed by atoms with Crippen LogP contribution in [-0.4, -0.2) is 19.9 Å². The number of halogens is 1. The van der Waals surface area contributed by atoms with Gasteiger partial charge in [-0.3, -0.25) is 10.1 Å². The highest BCUT2D eigenvalue weighted by atomic mass is 35.5. The summed E-state index contributed by atoms with van der Waals surface area (Å²) in [6.45, 7) is 1.52. The van der Waals surface area contributed by atoms with Crippen molar-refractivity contribution in [1.29, 1.82) is 0 Å². The molecule has 0 unspecified atom stereocenters. The second-order valence-corrected chi connectivity index (χ2v) is 4.76. The number of nitrogens with zero attached hydrogens (tertiary/aromatic N) is 4. The van der Waals surface area contributed by atoms with Gasteiger partial charge in [-0.25, -0.2) is 15.0 Å². The number of rotatable bonds is 2. The lowest BCUT2D eigenvalue weighted by Gasteiger charge is -2.05. The summed E-state index contributed by atoms with van der Waals surface area (Å²) in [5.41, 5.74) is 1.29. The Labute approximate surface area is 124 Å². The Balaban J connectivity index is 2.29. The Bertz CT molecular complexity index is 867. The van der Waals surface area contributed by atoms with Crippen LogP contribution in [0.4, 0.5) is 5.69 Å². The van der Waals surface area contributed by atoms with Crippen molar-refractivity contribution in [2.45, 2.75) is 6.92 Å². The van der Waals surface area contributed by atoms with Gasteiger partial charge < -0.3 is 0 Å². The molecule has 0 saturated heterocycles. The first-order chi connectivity index (χ1) is 10.1. The highest BCUT2D eigenvalue weighted by Crippen LogP contribution is 2.30. The third-order valence-electron chi connectivity index (χ3n) is 3.05. The Kier molecular flexibility index (Phi) is 3.23. The van der Waals surface area contributed by atoms with Crippen LogP contribution in [0, 0.1) is 17.0 Å². The average molecular weight is 301 g/mol. The van der Waals surface area contributed by atoms with Crippen LogP contribution < -0.4 is 0 Å². The number of pyridine rings is 1. The van der Waals surface area contributed by atoms with Gasteiger partial charge in [0.25, 0.3) is 0 Å². The zero-order valence-electron chi connectivity index (χ0n) is 10.9. The average Bonchev–Trinajstić information content (AvgIpc) is 2.45. The maximum atomic E-state index is 11.2. The van der Waals surface area contributed by atoms with Crippen LogP contribution in [0.5, 0.6) is 0 Å². The summed E-state index contributed by atoms with van der Waals surface area (Å²) in [5.74, 6) is 0. The molecule has 3 rings (SSSR count). The molecule has 3 aromatic rings. The monoisotopic (exact) mass is 300 g/mol. The largest absolute Gasteiger partial charge is 0.318 e. The number of benzene rings is 1. The highest BCUT2D eigenvalue weighted by Gasteiger charge is 2.23. The lowest BCUT2D eigenvalue weighted by atomic mass is 10.1. The quantitative estimate of drug-likeness (QED) is 0.410. The lowest BCUT2D eigenvalue weighted by Crippen LogP contribution is -2.02. The number of hydrogen-bond acceptors (Lipinski definition) is 5. The van der Waals surface area contributed by atoms with Crippen molar-refractivity contribution in [2.24, 2.45) is 0 Å². The van der Waals surface area contributed by atoms with E-state index in [0.29, 0.717) is 5.69 Å². The van der Waals surface area contributed by atoms with Crippen LogP contribution in [0.3, 0.4) is 0 Å². The fraction of sp³-hybridized carbons (Fsp3) is 0.0714. The first-order valence-electron chi connectivity index (χ1n) is 6.11. The number of nitro groups is 1. The Morgan fingerprint density at radius 1 is 1.10 bits per heavy atom. The van der Waals surface area contributed by atoms with E-state index in [-0.39, 0.29) is 22.4 Å².